The van der Waals surface area contributed by atoms with Crippen LogP contribution < -0.4 is 14.4 Å². The van der Waals surface area contributed by atoms with Crippen molar-refractivity contribution in [2.75, 3.05) is 18.0 Å². The highest BCUT2D eigenvalue weighted by atomic mass is 32.2. The van der Waals surface area contributed by atoms with Gasteiger partial charge in [0, 0.05) is 12.1 Å². The summed E-state index contributed by atoms with van der Waals surface area (Å²) in [5, 5.41) is 2.82. The first-order valence-corrected chi connectivity index (χ1v) is 11.7. The molecule has 168 valence electrons. The van der Waals surface area contributed by atoms with Crippen LogP contribution in [0.25, 0.3) is 0 Å². The number of para-hydroxylation sites is 1. The summed E-state index contributed by atoms with van der Waals surface area (Å²) in [5.41, 5.74) is 3.92. The molecule has 1 amide bonds. The highest BCUT2D eigenvalue weighted by Crippen LogP contribution is 2.28. The molecule has 0 bridgehead atoms. The van der Waals surface area contributed by atoms with Crippen LogP contribution in [0, 0.1) is 20.8 Å². The zero-order valence-corrected chi connectivity index (χ0v) is 19.6. The zero-order valence-electron chi connectivity index (χ0n) is 18.8. The zero-order chi connectivity index (χ0) is 23.3. The van der Waals surface area contributed by atoms with Crippen molar-refractivity contribution in [1.29, 1.82) is 0 Å². The van der Waals surface area contributed by atoms with Crippen molar-refractivity contribution in [3.63, 3.8) is 0 Å². The van der Waals surface area contributed by atoms with E-state index in [-0.39, 0.29) is 18.0 Å². The third kappa shape index (κ3) is 5.29. The van der Waals surface area contributed by atoms with E-state index in [0.29, 0.717) is 11.4 Å². The number of methoxy groups -OCH3 is 1. The number of hydrogen-bond donors (Lipinski definition) is 1. The number of amides is 1. The molecule has 0 saturated heterocycles. The summed E-state index contributed by atoms with van der Waals surface area (Å²) in [5.74, 6) is 0.249. The Morgan fingerprint density at radius 2 is 1.59 bits per heavy atom. The van der Waals surface area contributed by atoms with E-state index in [9.17, 15) is 13.2 Å². The minimum atomic E-state index is -3.95. The van der Waals surface area contributed by atoms with E-state index >= 15 is 0 Å². The van der Waals surface area contributed by atoms with Crippen molar-refractivity contribution < 1.29 is 17.9 Å². The maximum absolute atomic E-state index is 13.5. The molecule has 0 spiro atoms. The molecule has 3 aromatic carbocycles. The Kier molecular flexibility index (Phi) is 7.20. The molecule has 0 heterocycles. The average Bonchev–Trinajstić information content (AvgIpc) is 2.78. The number of hydrogen-bond acceptors (Lipinski definition) is 4. The second-order valence-electron chi connectivity index (χ2n) is 7.70. The molecule has 0 radical (unpaired) electrons. The lowest BCUT2D eigenvalue weighted by atomic mass is 10.1. The predicted molar refractivity (Wildman–Crippen MR) is 126 cm³/mol. The standard InChI is InChI=1S/C25H28N2O4S/c1-18-10-13-22(14-11-18)32(29,30)27(23-15-19(2)9-12-20(23)3)17-25(28)26-16-21-7-5-6-8-24(21)31-4/h5-15H,16-17H2,1-4H3,(H,26,28). The van der Waals surface area contributed by atoms with E-state index in [1.54, 1.807) is 37.4 Å². The molecule has 0 aromatic heterocycles. The highest BCUT2D eigenvalue weighted by molar-refractivity contribution is 7.92. The van der Waals surface area contributed by atoms with Gasteiger partial charge in [-0.2, -0.15) is 0 Å². The number of ether oxygens (including phenoxy) is 1. The molecule has 0 aliphatic carbocycles. The monoisotopic (exact) mass is 452 g/mol. The van der Waals surface area contributed by atoms with E-state index < -0.39 is 15.9 Å². The molecule has 7 heteroatoms. The number of aryl methyl sites for hydroxylation is 3. The Morgan fingerprint density at radius 3 is 2.28 bits per heavy atom. The van der Waals surface area contributed by atoms with Gasteiger partial charge in [0.15, 0.2) is 0 Å². The number of nitrogens with zero attached hydrogens (tertiary/aromatic N) is 1. The molecule has 6 nitrogen and oxygen atoms in total. The predicted octanol–water partition coefficient (Wildman–Crippen LogP) is 4.13. The van der Waals surface area contributed by atoms with Crippen LogP contribution in [0.15, 0.2) is 71.6 Å². The molecule has 32 heavy (non-hydrogen) atoms. The van der Waals surface area contributed by atoms with Crippen LogP contribution in [0.4, 0.5) is 5.69 Å². The smallest absolute Gasteiger partial charge is 0.264 e. The fourth-order valence-electron chi connectivity index (χ4n) is 3.35. The maximum Gasteiger partial charge on any atom is 0.264 e. The quantitative estimate of drug-likeness (QED) is 0.558. The lowest BCUT2D eigenvalue weighted by Gasteiger charge is -2.26. The van der Waals surface area contributed by atoms with Crippen LogP contribution in [-0.2, 0) is 21.4 Å². The van der Waals surface area contributed by atoms with Crippen LogP contribution in [0.1, 0.15) is 22.3 Å². The van der Waals surface area contributed by atoms with Crippen molar-refractivity contribution in [1.82, 2.24) is 5.32 Å². The highest BCUT2D eigenvalue weighted by Gasteiger charge is 2.28. The summed E-state index contributed by atoms with van der Waals surface area (Å²) < 4.78 is 33.6. The van der Waals surface area contributed by atoms with Crippen molar-refractivity contribution in [2.45, 2.75) is 32.2 Å². The van der Waals surface area contributed by atoms with Gasteiger partial charge in [-0.15, -0.1) is 0 Å². The number of carbonyl (C=O) groups excluding carboxylic acids is 1. The summed E-state index contributed by atoms with van der Waals surface area (Å²) in [4.78, 5) is 13.0. The molecule has 0 saturated carbocycles. The van der Waals surface area contributed by atoms with E-state index in [1.807, 2.05) is 57.2 Å². The molecule has 0 atom stereocenters. The fourth-order valence-corrected chi connectivity index (χ4v) is 4.83. The van der Waals surface area contributed by atoms with Gasteiger partial charge in [-0.1, -0.05) is 48.0 Å². The summed E-state index contributed by atoms with van der Waals surface area (Å²) in [7, 11) is -2.39. The van der Waals surface area contributed by atoms with E-state index in [1.165, 1.54) is 4.31 Å². The molecule has 3 rings (SSSR count). The van der Waals surface area contributed by atoms with Crippen LogP contribution in [0.3, 0.4) is 0 Å². The van der Waals surface area contributed by atoms with E-state index in [4.69, 9.17) is 4.74 Å². The van der Waals surface area contributed by atoms with Crippen LogP contribution in [0.5, 0.6) is 5.75 Å². The third-order valence-corrected chi connectivity index (χ3v) is 6.97. The van der Waals surface area contributed by atoms with Crippen LogP contribution in [-0.4, -0.2) is 28.0 Å². The van der Waals surface area contributed by atoms with Gasteiger partial charge in [-0.05, 0) is 56.2 Å². The average molecular weight is 453 g/mol. The Bertz CT molecular complexity index is 1200. The minimum Gasteiger partial charge on any atom is -0.496 e. The molecule has 0 aliphatic rings. The number of anilines is 1. The second-order valence-corrected chi connectivity index (χ2v) is 9.57. The van der Waals surface area contributed by atoms with Gasteiger partial charge >= 0.3 is 0 Å². The van der Waals surface area contributed by atoms with Gasteiger partial charge in [0.25, 0.3) is 10.0 Å². The SMILES string of the molecule is COc1ccccc1CNC(=O)CN(c1cc(C)ccc1C)S(=O)(=O)c1ccc(C)cc1. The largest absolute Gasteiger partial charge is 0.496 e. The molecule has 0 unspecified atom stereocenters. The van der Waals surface area contributed by atoms with E-state index in [2.05, 4.69) is 5.32 Å². The summed E-state index contributed by atoms with van der Waals surface area (Å²) in [6, 6.07) is 19.5. The number of carbonyl (C=O) groups is 1. The molecular weight excluding hydrogens is 424 g/mol. The number of rotatable bonds is 8. The Balaban J connectivity index is 1.91. The summed E-state index contributed by atoms with van der Waals surface area (Å²) >= 11 is 0. The van der Waals surface area contributed by atoms with Gasteiger partial charge in [-0.3, -0.25) is 9.10 Å². The van der Waals surface area contributed by atoms with Gasteiger partial charge in [0.05, 0.1) is 17.7 Å². The van der Waals surface area contributed by atoms with Crippen LogP contribution in [0.2, 0.25) is 0 Å². The Morgan fingerprint density at radius 1 is 0.938 bits per heavy atom. The third-order valence-electron chi connectivity index (χ3n) is 5.20. The van der Waals surface area contributed by atoms with Gasteiger partial charge in [0.2, 0.25) is 5.91 Å². The van der Waals surface area contributed by atoms with Crippen LogP contribution >= 0.6 is 0 Å². The van der Waals surface area contributed by atoms with E-state index in [0.717, 1.165) is 22.3 Å². The molecule has 0 aliphatic heterocycles. The van der Waals surface area contributed by atoms with Crippen molar-refractivity contribution in [3.05, 3.63) is 89.0 Å². The first kappa shape index (κ1) is 23.3. The van der Waals surface area contributed by atoms with Gasteiger partial charge < -0.3 is 10.1 Å². The Hall–Kier alpha value is -3.32. The van der Waals surface area contributed by atoms with Crippen molar-refractivity contribution in [3.8, 4) is 5.75 Å². The second kappa shape index (κ2) is 9.87. The first-order valence-electron chi connectivity index (χ1n) is 10.3. The minimum absolute atomic E-state index is 0.140. The molecule has 0 fully saturated rings. The lowest BCUT2D eigenvalue weighted by Crippen LogP contribution is -2.41. The first-order chi connectivity index (χ1) is 15.2. The molecular formula is C25H28N2O4S. The molecule has 1 N–H and O–H groups in total. The number of benzene rings is 3. The van der Waals surface area contributed by atoms with Gasteiger partial charge in [-0.25, -0.2) is 8.42 Å². The van der Waals surface area contributed by atoms with Crippen molar-refractivity contribution >= 4 is 21.6 Å². The lowest BCUT2D eigenvalue weighted by molar-refractivity contribution is -0.119. The fraction of sp³-hybridized carbons (Fsp3) is 0.240. The maximum atomic E-state index is 13.5. The normalized spacial score (nSPS) is 11.1. The number of sulfonamides is 1. The number of nitrogens with one attached hydrogen (secondary N) is 1. The topological polar surface area (TPSA) is 75.7 Å². The molecule has 3 aromatic rings. The summed E-state index contributed by atoms with van der Waals surface area (Å²) in [6.45, 7) is 5.51. The van der Waals surface area contributed by atoms with Crippen molar-refractivity contribution in [2.24, 2.45) is 0 Å². The summed E-state index contributed by atoms with van der Waals surface area (Å²) in [6.07, 6.45) is 0. The Labute approximate surface area is 189 Å². The van der Waals surface area contributed by atoms with Gasteiger partial charge in [0.1, 0.15) is 12.3 Å².